The molecule has 0 saturated carbocycles. The quantitative estimate of drug-likeness (QED) is 0.0968. The van der Waals surface area contributed by atoms with E-state index in [1.54, 1.807) is 67.2 Å². The number of aliphatic imine (C=N–C) groups is 1. The first-order chi connectivity index (χ1) is 29.2. The summed E-state index contributed by atoms with van der Waals surface area (Å²) in [5, 5.41) is 5.45. The predicted octanol–water partition coefficient (Wildman–Crippen LogP) is 8.08. The van der Waals surface area contributed by atoms with Crippen LogP contribution in [0.4, 0.5) is 14.4 Å². The largest absolute Gasteiger partial charge is 0.460 e. The van der Waals surface area contributed by atoms with Gasteiger partial charge < -0.3 is 38.8 Å². The van der Waals surface area contributed by atoms with Gasteiger partial charge in [0.05, 0.1) is 6.10 Å². The molecule has 15 heteroatoms. The van der Waals surface area contributed by atoms with Crippen molar-refractivity contribution in [1.82, 2.24) is 20.4 Å². The van der Waals surface area contributed by atoms with E-state index in [-0.39, 0.29) is 49.4 Å². The number of ether oxygens (including phenoxy) is 5. The van der Waals surface area contributed by atoms with E-state index in [0.29, 0.717) is 45.5 Å². The van der Waals surface area contributed by atoms with Gasteiger partial charge in [-0.05, 0) is 130 Å². The monoisotopic (exact) mass is 861 g/mol. The third kappa shape index (κ3) is 14.5. The van der Waals surface area contributed by atoms with Gasteiger partial charge in [0.2, 0.25) is 11.9 Å². The Labute approximate surface area is 366 Å². The van der Waals surface area contributed by atoms with Crippen LogP contribution in [0.1, 0.15) is 131 Å². The molecule has 2 heterocycles. The Morgan fingerprint density at radius 3 is 1.94 bits per heavy atom. The van der Waals surface area contributed by atoms with Gasteiger partial charge in [-0.1, -0.05) is 48.5 Å². The number of alkyl carbamates (subject to hydrolysis) is 2. The molecule has 0 radical (unpaired) electrons. The lowest BCUT2D eigenvalue weighted by Gasteiger charge is -2.38. The number of hydrogen-bond acceptors (Lipinski definition) is 10. The van der Waals surface area contributed by atoms with Crippen LogP contribution in [0, 0.1) is 0 Å². The number of esters is 1. The summed E-state index contributed by atoms with van der Waals surface area (Å²) >= 11 is 0. The lowest BCUT2D eigenvalue weighted by Crippen LogP contribution is -2.54. The van der Waals surface area contributed by atoms with Crippen LogP contribution in [0.25, 0.3) is 11.1 Å². The number of nitrogens with one attached hydrogen (secondary N) is 2. The SMILES string of the molecule is CC(C)(C)OC(=O)CC[C@H](NC(=O)OCC1c2ccccc2-c2ccccc21)C(=O)N1CCCC[C@H]1CCOC1CCN(/C(=N\C(=O)OC(C)(C)C)NC(=O)OC(C)(C)C)CC1. The fourth-order valence-corrected chi connectivity index (χ4v) is 8.03. The van der Waals surface area contributed by atoms with Crippen LogP contribution < -0.4 is 10.6 Å². The maximum Gasteiger partial charge on any atom is 0.437 e. The van der Waals surface area contributed by atoms with Crippen molar-refractivity contribution in [3.63, 3.8) is 0 Å². The van der Waals surface area contributed by atoms with Gasteiger partial charge >= 0.3 is 24.2 Å². The van der Waals surface area contributed by atoms with Gasteiger partial charge in [-0.2, -0.15) is 0 Å². The second-order valence-electron chi connectivity index (χ2n) is 19.2. The summed E-state index contributed by atoms with van der Waals surface area (Å²) in [4.78, 5) is 73.7. The molecule has 15 nitrogen and oxygen atoms in total. The highest BCUT2D eigenvalue weighted by Crippen LogP contribution is 2.44. The number of guanidine groups is 1. The van der Waals surface area contributed by atoms with E-state index in [9.17, 15) is 24.0 Å². The van der Waals surface area contributed by atoms with E-state index in [2.05, 4.69) is 27.8 Å². The Kier molecular flexibility index (Phi) is 16.1. The van der Waals surface area contributed by atoms with E-state index in [4.69, 9.17) is 23.7 Å². The molecular weight excluding hydrogens is 795 g/mol. The van der Waals surface area contributed by atoms with Gasteiger partial charge in [0.1, 0.15) is 29.5 Å². The first-order valence-corrected chi connectivity index (χ1v) is 22.0. The molecule has 0 spiro atoms. The first kappa shape index (κ1) is 47.9. The number of fused-ring (bicyclic) bond motifs is 3. The van der Waals surface area contributed by atoms with E-state index in [1.165, 1.54) is 0 Å². The molecule has 2 aliphatic heterocycles. The molecule has 1 aliphatic carbocycles. The van der Waals surface area contributed by atoms with Gasteiger partial charge in [0, 0.05) is 44.6 Å². The molecular formula is C47H67N5O10. The minimum atomic E-state index is -1.00. The number of carbonyl (C=O) groups excluding carboxylic acids is 5. The average molecular weight is 862 g/mol. The van der Waals surface area contributed by atoms with Crippen molar-refractivity contribution in [2.75, 3.05) is 32.8 Å². The smallest absolute Gasteiger partial charge is 0.437 e. The zero-order valence-electron chi connectivity index (χ0n) is 38.0. The number of benzene rings is 2. The molecule has 5 rings (SSSR count). The Bertz CT molecular complexity index is 1880. The molecule has 2 atom stereocenters. The molecule has 340 valence electrons. The Morgan fingerprint density at radius 1 is 0.742 bits per heavy atom. The van der Waals surface area contributed by atoms with Gasteiger partial charge in [-0.25, -0.2) is 14.4 Å². The number of piperidine rings is 2. The molecule has 2 N–H and O–H groups in total. The minimum Gasteiger partial charge on any atom is -0.460 e. The molecule has 2 fully saturated rings. The maximum atomic E-state index is 14.4. The molecule has 4 amide bonds. The van der Waals surface area contributed by atoms with Gasteiger partial charge in [0.15, 0.2) is 0 Å². The first-order valence-electron chi connectivity index (χ1n) is 22.0. The maximum absolute atomic E-state index is 14.4. The zero-order valence-corrected chi connectivity index (χ0v) is 38.0. The van der Waals surface area contributed by atoms with Crippen molar-refractivity contribution in [1.29, 1.82) is 0 Å². The molecule has 2 aromatic rings. The lowest BCUT2D eigenvalue weighted by molar-refractivity contribution is -0.155. The van der Waals surface area contributed by atoms with Crippen molar-refractivity contribution in [3.05, 3.63) is 59.7 Å². The average Bonchev–Trinajstić information content (AvgIpc) is 3.50. The van der Waals surface area contributed by atoms with Crippen LogP contribution >= 0.6 is 0 Å². The molecule has 2 saturated heterocycles. The van der Waals surface area contributed by atoms with Crippen LogP contribution in [0.3, 0.4) is 0 Å². The molecule has 0 aromatic heterocycles. The summed E-state index contributed by atoms with van der Waals surface area (Å²) in [6.45, 7) is 17.7. The van der Waals surface area contributed by atoms with Crippen molar-refractivity contribution < 1.29 is 47.7 Å². The van der Waals surface area contributed by atoms with E-state index in [0.717, 1.165) is 41.5 Å². The fourth-order valence-electron chi connectivity index (χ4n) is 8.03. The summed E-state index contributed by atoms with van der Waals surface area (Å²) < 4.78 is 28.5. The van der Waals surface area contributed by atoms with Crippen molar-refractivity contribution in [2.24, 2.45) is 4.99 Å². The number of nitrogens with zero attached hydrogens (tertiary/aromatic N) is 3. The Hall–Kier alpha value is -5.18. The summed E-state index contributed by atoms with van der Waals surface area (Å²) in [6, 6.07) is 15.0. The fraction of sp³-hybridized carbons (Fsp3) is 0.617. The topological polar surface area (TPSA) is 174 Å². The van der Waals surface area contributed by atoms with Gasteiger partial charge in [-0.15, -0.1) is 4.99 Å². The second kappa shape index (κ2) is 20.8. The van der Waals surface area contributed by atoms with E-state index >= 15 is 0 Å². The number of amides is 4. The summed E-state index contributed by atoms with van der Waals surface area (Å²) in [6.07, 6.45) is 1.95. The van der Waals surface area contributed by atoms with Crippen LogP contribution in [-0.2, 0) is 33.3 Å². The Balaban J connectivity index is 1.18. The highest BCUT2D eigenvalue weighted by Gasteiger charge is 2.35. The molecule has 62 heavy (non-hydrogen) atoms. The molecule has 2 aromatic carbocycles. The minimum absolute atomic E-state index is 0.0521. The van der Waals surface area contributed by atoms with Gasteiger partial charge in [-0.3, -0.25) is 14.9 Å². The summed E-state index contributed by atoms with van der Waals surface area (Å²) in [5.41, 5.74) is 2.17. The van der Waals surface area contributed by atoms with Crippen LogP contribution in [0.2, 0.25) is 0 Å². The predicted molar refractivity (Wildman–Crippen MR) is 235 cm³/mol. The van der Waals surface area contributed by atoms with Crippen molar-refractivity contribution >= 4 is 36.1 Å². The highest BCUT2D eigenvalue weighted by molar-refractivity contribution is 5.99. The third-order valence-corrected chi connectivity index (χ3v) is 10.7. The standard InChI is InChI=1S/C47H67N5O10/c1-45(2,3)60-39(53)22-21-38(48-42(55)59-30-37-35-19-12-10-17-33(35)34-18-11-13-20-36(34)37)40(54)52-26-15-14-16-31(52)25-29-58-32-23-27-51(28-24-32)41(49-43(56)61-46(4,5)6)50-44(57)62-47(7,8)9/h10-13,17-20,31-32,37-38H,14-16,21-30H2,1-9H3,(H,48,55)(H,49,50,56,57)/t31-,38-/m0/s1. The Morgan fingerprint density at radius 2 is 1.34 bits per heavy atom. The number of rotatable bonds is 11. The zero-order chi connectivity index (χ0) is 45.2. The van der Waals surface area contributed by atoms with Crippen LogP contribution in [-0.4, -0.2) is 114 Å². The van der Waals surface area contributed by atoms with E-state index < -0.39 is 47.1 Å². The van der Waals surface area contributed by atoms with Gasteiger partial charge in [0.25, 0.3) is 0 Å². The number of likely N-dealkylation sites (tertiary alicyclic amines) is 2. The van der Waals surface area contributed by atoms with Crippen molar-refractivity contribution in [3.8, 4) is 11.1 Å². The highest BCUT2D eigenvalue weighted by atomic mass is 16.6. The number of carbonyl (C=O) groups is 5. The third-order valence-electron chi connectivity index (χ3n) is 10.7. The normalized spacial score (nSPS) is 18.0. The summed E-state index contributed by atoms with van der Waals surface area (Å²) in [5.74, 6) is -0.821. The molecule has 0 unspecified atom stereocenters. The molecule has 3 aliphatic rings. The molecule has 0 bridgehead atoms. The van der Waals surface area contributed by atoms with Crippen LogP contribution in [0.5, 0.6) is 0 Å². The van der Waals surface area contributed by atoms with Crippen molar-refractivity contribution in [2.45, 2.75) is 155 Å². The lowest BCUT2D eigenvalue weighted by atomic mass is 9.97. The second-order valence-corrected chi connectivity index (χ2v) is 19.2. The van der Waals surface area contributed by atoms with E-state index in [1.807, 2.05) is 41.3 Å². The van der Waals surface area contributed by atoms with Crippen LogP contribution in [0.15, 0.2) is 53.5 Å². The summed E-state index contributed by atoms with van der Waals surface area (Å²) in [7, 11) is 0. The number of hydrogen-bond donors (Lipinski definition) is 2.